The largest absolute Gasteiger partial charge is 0.389 e. The zero-order chi connectivity index (χ0) is 18.2. The van der Waals surface area contributed by atoms with Crippen molar-refractivity contribution in [3.8, 4) is 0 Å². The first kappa shape index (κ1) is 19.0. The smallest absolute Gasteiger partial charge is 0.270 e. The van der Waals surface area contributed by atoms with E-state index in [0.29, 0.717) is 18.7 Å². The van der Waals surface area contributed by atoms with E-state index in [-0.39, 0.29) is 29.4 Å². The van der Waals surface area contributed by atoms with Gasteiger partial charge in [-0.05, 0) is 38.7 Å². The maximum Gasteiger partial charge on any atom is 0.270 e. The van der Waals surface area contributed by atoms with Crippen LogP contribution in [-0.4, -0.2) is 53.4 Å². The number of hydrogen-bond acceptors (Lipinski definition) is 4. The number of aliphatic hydroxyl groups excluding tert-OH is 1. The van der Waals surface area contributed by atoms with Gasteiger partial charge in [-0.25, -0.2) is 8.42 Å². The molecule has 1 aromatic rings. The van der Waals surface area contributed by atoms with Crippen molar-refractivity contribution >= 4 is 15.7 Å². The second-order valence-electron chi connectivity index (χ2n) is 7.25. The van der Waals surface area contributed by atoms with Gasteiger partial charge in [0.1, 0.15) is 5.69 Å². The van der Waals surface area contributed by atoms with Crippen molar-refractivity contribution in [1.82, 2.24) is 9.88 Å². The predicted octanol–water partition coefficient (Wildman–Crippen LogP) is 1.97. The van der Waals surface area contributed by atoms with Crippen molar-refractivity contribution in [2.45, 2.75) is 53.2 Å². The number of carbonyl (C=O) groups is 1. The van der Waals surface area contributed by atoms with Gasteiger partial charge in [-0.2, -0.15) is 0 Å². The summed E-state index contributed by atoms with van der Waals surface area (Å²) in [6.07, 6.45) is -0.170. The van der Waals surface area contributed by atoms with Gasteiger partial charge in [0, 0.05) is 23.8 Å². The van der Waals surface area contributed by atoms with E-state index in [9.17, 15) is 18.3 Å². The van der Waals surface area contributed by atoms with Crippen molar-refractivity contribution < 1.29 is 18.3 Å². The van der Waals surface area contributed by atoms with Crippen LogP contribution in [0.3, 0.4) is 0 Å². The maximum absolute atomic E-state index is 13.1. The molecule has 2 rings (SSSR count). The average Bonchev–Trinajstić information content (AvgIpc) is 2.94. The Morgan fingerprint density at radius 1 is 1.33 bits per heavy atom. The molecule has 2 heterocycles. The summed E-state index contributed by atoms with van der Waals surface area (Å²) in [7, 11) is -3.06. The van der Waals surface area contributed by atoms with Gasteiger partial charge in [-0.1, -0.05) is 13.8 Å². The number of aryl methyl sites for hydroxylation is 1. The second kappa shape index (κ2) is 6.88. The standard InChI is InChI=1S/C17H28N2O4S/c1-10(2)8-19(14-6-7-24(22,23)9-14)17(21)16-11(3)15(13(5)20)12(4)18-16/h10,13-14,18,20H,6-9H2,1-5H3/t13-,14-/m1/s1. The van der Waals surface area contributed by atoms with Crippen molar-refractivity contribution in [2.75, 3.05) is 18.1 Å². The molecule has 1 fully saturated rings. The fourth-order valence-electron chi connectivity index (χ4n) is 3.56. The Hall–Kier alpha value is -1.34. The first-order chi connectivity index (χ1) is 11.0. The van der Waals surface area contributed by atoms with E-state index in [4.69, 9.17) is 0 Å². The fourth-order valence-corrected chi connectivity index (χ4v) is 5.29. The highest BCUT2D eigenvalue weighted by atomic mass is 32.2. The number of nitrogens with one attached hydrogen (secondary N) is 1. The lowest BCUT2D eigenvalue weighted by atomic mass is 10.0. The summed E-state index contributed by atoms with van der Waals surface area (Å²) in [6, 6.07) is -0.275. The Bertz CT molecular complexity index is 719. The molecule has 0 spiro atoms. The number of aromatic amines is 1. The highest BCUT2D eigenvalue weighted by molar-refractivity contribution is 7.91. The number of rotatable bonds is 5. The van der Waals surface area contributed by atoms with Crippen LogP contribution in [0.25, 0.3) is 0 Å². The number of aromatic nitrogens is 1. The van der Waals surface area contributed by atoms with E-state index in [1.54, 1.807) is 11.8 Å². The Morgan fingerprint density at radius 2 is 1.96 bits per heavy atom. The topological polar surface area (TPSA) is 90.5 Å². The SMILES string of the molecule is Cc1[nH]c(C(=O)N(CC(C)C)[C@@H]2CCS(=O)(=O)C2)c(C)c1[C@@H](C)O. The summed E-state index contributed by atoms with van der Waals surface area (Å²) < 4.78 is 23.7. The number of carbonyl (C=O) groups excluding carboxylic acids is 1. The lowest BCUT2D eigenvalue weighted by molar-refractivity contribution is 0.0666. The quantitative estimate of drug-likeness (QED) is 0.844. The summed E-state index contributed by atoms with van der Waals surface area (Å²) in [5, 5.41) is 9.92. The summed E-state index contributed by atoms with van der Waals surface area (Å²) in [5.74, 6) is 0.234. The monoisotopic (exact) mass is 356 g/mol. The Kier molecular flexibility index (Phi) is 5.44. The van der Waals surface area contributed by atoms with Gasteiger partial charge in [0.05, 0.1) is 17.6 Å². The van der Waals surface area contributed by atoms with Crippen LogP contribution in [0.5, 0.6) is 0 Å². The van der Waals surface area contributed by atoms with Crippen LogP contribution in [0.15, 0.2) is 0 Å². The van der Waals surface area contributed by atoms with Crippen molar-refractivity contribution in [3.05, 3.63) is 22.5 Å². The molecule has 0 saturated carbocycles. The number of nitrogens with zero attached hydrogens (tertiary/aromatic N) is 1. The molecule has 136 valence electrons. The number of aliphatic hydroxyl groups is 1. The van der Waals surface area contributed by atoms with Crippen LogP contribution in [0.1, 0.15) is 60.6 Å². The van der Waals surface area contributed by atoms with Crippen molar-refractivity contribution in [1.29, 1.82) is 0 Å². The van der Waals surface area contributed by atoms with Gasteiger partial charge in [-0.15, -0.1) is 0 Å². The van der Waals surface area contributed by atoms with Crippen LogP contribution < -0.4 is 0 Å². The van der Waals surface area contributed by atoms with Crippen LogP contribution in [0.4, 0.5) is 0 Å². The molecule has 1 aliphatic heterocycles. The van der Waals surface area contributed by atoms with Gasteiger partial charge in [-0.3, -0.25) is 4.79 Å². The van der Waals surface area contributed by atoms with Crippen LogP contribution >= 0.6 is 0 Å². The molecule has 0 radical (unpaired) electrons. The molecule has 7 heteroatoms. The van der Waals surface area contributed by atoms with Crippen molar-refractivity contribution in [2.24, 2.45) is 5.92 Å². The van der Waals surface area contributed by atoms with E-state index in [2.05, 4.69) is 4.98 Å². The number of sulfone groups is 1. The van der Waals surface area contributed by atoms with Gasteiger partial charge in [0.15, 0.2) is 9.84 Å². The molecule has 0 aromatic carbocycles. The maximum atomic E-state index is 13.1. The van der Waals surface area contributed by atoms with E-state index < -0.39 is 15.9 Å². The van der Waals surface area contributed by atoms with Crippen LogP contribution in [0.2, 0.25) is 0 Å². The summed E-state index contributed by atoms with van der Waals surface area (Å²) >= 11 is 0. The molecule has 24 heavy (non-hydrogen) atoms. The number of amides is 1. The molecule has 0 unspecified atom stereocenters. The van der Waals surface area contributed by atoms with E-state index in [1.165, 1.54) is 0 Å². The minimum atomic E-state index is -3.06. The van der Waals surface area contributed by atoms with Gasteiger partial charge in [0.25, 0.3) is 5.91 Å². The predicted molar refractivity (Wildman–Crippen MR) is 93.8 cm³/mol. The molecule has 1 amide bonds. The minimum Gasteiger partial charge on any atom is -0.389 e. The lowest BCUT2D eigenvalue weighted by Gasteiger charge is -2.30. The van der Waals surface area contributed by atoms with Crippen LogP contribution in [0, 0.1) is 19.8 Å². The molecule has 2 atom stereocenters. The highest BCUT2D eigenvalue weighted by Crippen LogP contribution is 2.27. The Labute approximate surface area is 144 Å². The molecule has 1 saturated heterocycles. The summed E-state index contributed by atoms with van der Waals surface area (Å²) in [4.78, 5) is 17.9. The third-order valence-corrected chi connectivity index (χ3v) is 6.35. The first-order valence-electron chi connectivity index (χ1n) is 8.42. The van der Waals surface area contributed by atoms with E-state index in [0.717, 1.165) is 16.8 Å². The third kappa shape index (κ3) is 3.83. The number of hydrogen-bond donors (Lipinski definition) is 2. The Morgan fingerprint density at radius 3 is 2.38 bits per heavy atom. The van der Waals surface area contributed by atoms with E-state index in [1.807, 2.05) is 27.7 Å². The molecular weight excluding hydrogens is 328 g/mol. The lowest BCUT2D eigenvalue weighted by Crippen LogP contribution is -2.43. The number of H-pyrrole nitrogens is 1. The Balaban J connectivity index is 2.37. The second-order valence-corrected chi connectivity index (χ2v) is 9.48. The molecule has 1 aromatic heterocycles. The normalized spacial score (nSPS) is 21.2. The average molecular weight is 356 g/mol. The zero-order valence-electron chi connectivity index (χ0n) is 15.1. The minimum absolute atomic E-state index is 0.0352. The fraction of sp³-hybridized carbons (Fsp3) is 0.706. The zero-order valence-corrected chi connectivity index (χ0v) is 15.9. The summed E-state index contributed by atoms with van der Waals surface area (Å²) in [5.41, 5.74) is 2.70. The van der Waals surface area contributed by atoms with E-state index >= 15 is 0 Å². The van der Waals surface area contributed by atoms with Gasteiger partial charge in [0.2, 0.25) is 0 Å². The molecule has 1 aliphatic rings. The van der Waals surface area contributed by atoms with Gasteiger partial charge >= 0.3 is 0 Å². The summed E-state index contributed by atoms with van der Waals surface area (Å²) in [6.45, 7) is 9.86. The van der Waals surface area contributed by atoms with Crippen molar-refractivity contribution in [3.63, 3.8) is 0 Å². The molecule has 0 bridgehead atoms. The molecule has 2 N–H and O–H groups in total. The van der Waals surface area contributed by atoms with Crippen LogP contribution in [-0.2, 0) is 9.84 Å². The first-order valence-corrected chi connectivity index (χ1v) is 10.2. The van der Waals surface area contributed by atoms with Gasteiger partial charge < -0.3 is 15.0 Å². The molecule has 6 nitrogen and oxygen atoms in total. The molecule has 0 aliphatic carbocycles. The molecular formula is C17H28N2O4S. The third-order valence-electron chi connectivity index (χ3n) is 4.60. The highest BCUT2D eigenvalue weighted by Gasteiger charge is 2.36.